The highest BCUT2D eigenvalue weighted by atomic mass is 35.5. The molecule has 0 bridgehead atoms. The Bertz CT molecular complexity index is 781. The molecular formula is C14H10ClN3O2. The minimum atomic E-state index is -0.967. The molecule has 2 aromatic carbocycles. The summed E-state index contributed by atoms with van der Waals surface area (Å²) in [6.45, 7) is 0.511. The zero-order valence-electron chi connectivity index (χ0n) is 10.3. The van der Waals surface area contributed by atoms with Crippen LogP contribution in [0.15, 0.2) is 42.5 Å². The second kappa shape index (κ2) is 4.94. The van der Waals surface area contributed by atoms with E-state index in [9.17, 15) is 4.79 Å². The number of rotatable bonds is 3. The molecule has 0 aliphatic heterocycles. The number of aromatic nitrogens is 3. The van der Waals surface area contributed by atoms with Crippen molar-refractivity contribution in [3.8, 4) is 0 Å². The maximum Gasteiger partial charge on any atom is 0.335 e. The van der Waals surface area contributed by atoms with E-state index in [-0.39, 0.29) is 5.56 Å². The maximum absolute atomic E-state index is 11.0. The summed E-state index contributed by atoms with van der Waals surface area (Å²) in [6.07, 6.45) is 0. The lowest BCUT2D eigenvalue weighted by molar-refractivity contribution is 0.0697. The van der Waals surface area contributed by atoms with Crippen molar-refractivity contribution in [2.75, 3.05) is 0 Å². The Balaban J connectivity index is 2.00. The van der Waals surface area contributed by atoms with E-state index in [1.165, 1.54) is 6.07 Å². The van der Waals surface area contributed by atoms with Crippen LogP contribution in [-0.4, -0.2) is 26.1 Å². The molecule has 0 atom stereocenters. The van der Waals surface area contributed by atoms with Crippen molar-refractivity contribution in [2.45, 2.75) is 6.54 Å². The van der Waals surface area contributed by atoms with E-state index in [2.05, 4.69) is 10.3 Å². The fourth-order valence-electron chi connectivity index (χ4n) is 1.98. The average Bonchev–Trinajstić information content (AvgIpc) is 2.84. The Morgan fingerprint density at radius 3 is 2.65 bits per heavy atom. The summed E-state index contributed by atoms with van der Waals surface area (Å²) in [5, 5.41) is 17.8. The number of aromatic carboxylic acids is 1. The molecule has 0 radical (unpaired) electrons. The van der Waals surface area contributed by atoms with Gasteiger partial charge in [0.2, 0.25) is 0 Å². The summed E-state index contributed by atoms with van der Waals surface area (Å²) in [4.78, 5) is 11.0. The molecule has 1 heterocycles. The smallest absolute Gasteiger partial charge is 0.335 e. The van der Waals surface area contributed by atoms with Crippen molar-refractivity contribution >= 4 is 28.6 Å². The van der Waals surface area contributed by atoms with Crippen LogP contribution in [0.5, 0.6) is 0 Å². The second-order valence-corrected chi connectivity index (χ2v) is 4.82. The maximum atomic E-state index is 11.0. The molecule has 0 aliphatic rings. The third-order valence-electron chi connectivity index (χ3n) is 3.01. The minimum Gasteiger partial charge on any atom is -0.478 e. The van der Waals surface area contributed by atoms with Gasteiger partial charge in [-0.15, -0.1) is 5.10 Å². The van der Waals surface area contributed by atoms with E-state index in [4.69, 9.17) is 16.7 Å². The molecule has 1 N–H and O–H groups in total. The van der Waals surface area contributed by atoms with Crippen LogP contribution in [0.2, 0.25) is 5.02 Å². The van der Waals surface area contributed by atoms with Crippen molar-refractivity contribution in [2.24, 2.45) is 0 Å². The van der Waals surface area contributed by atoms with Gasteiger partial charge in [-0.1, -0.05) is 28.9 Å². The van der Waals surface area contributed by atoms with Crippen molar-refractivity contribution in [1.29, 1.82) is 0 Å². The van der Waals surface area contributed by atoms with Gasteiger partial charge < -0.3 is 5.11 Å². The predicted molar refractivity (Wildman–Crippen MR) is 75.0 cm³/mol. The molecule has 0 spiro atoms. The molecular weight excluding hydrogens is 278 g/mol. The molecule has 0 amide bonds. The zero-order valence-corrected chi connectivity index (χ0v) is 11.1. The molecule has 0 saturated carbocycles. The van der Waals surface area contributed by atoms with Gasteiger partial charge >= 0.3 is 5.97 Å². The molecule has 20 heavy (non-hydrogen) atoms. The number of halogens is 1. The number of carboxylic acid groups (broad SMARTS) is 1. The van der Waals surface area contributed by atoms with Crippen LogP contribution in [0.4, 0.5) is 0 Å². The van der Waals surface area contributed by atoms with Gasteiger partial charge in [-0.05, 0) is 35.9 Å². The highest BCUT2D eigenvalue weighted by molar-refractivity contribution is 6.30. The number of carboxylic acids is 1. The standard InChI is InChI=1S/C14H10ClN3O2/c15-11-4-1-9(2-5-11)8-18-13-7-10(14(19)20)3-6-12(13)16-17-18/h1-7H,8H2,(H,19,20). The van der Waals surface area contributed by atoms with Crippen molar-refractivity contribution < 1.29 is 9.90 Å². The SMILES string of the molecule is O=C(O)c1ccc2nnn(Cc3ccc(Cl)cc3)c2c1. The highest BCUT2D eigenvalue weighted by Crippen LogP contribution is 2.16. The van der Waals surface area contributed by atoms with Gasteiger partial charge in [-0.25, -0.2) is 9.48 Å². The van der Waals surface area contributed by atoms with Crippen molar-refractivity contribution in [3.05, 3.63) is 58.6 Å². The summed E-state index contributed by atoms with van der Waals surface area (Å²) < 4.78 is 1.67. The van der Waals surface area contributed by atoms with Gasteiger partial charge in [0.1, 0.15) is 5.52 Å². The number of hydrogen-bond acceptors (Lipinski definition) is 3. The van der Waals surface area contributed by atoms with E-state index in [0.717, 1.165) is 5.56 Å². The lowest BCUT2D eigenvalue weighted by Gasteiger charge is -2.03. The average molecular weight is 288 g/mol. The fraction of sp³-hybridized carbons (Fsp3) is 0.0714. The van der Waals surface area contributed by atoms with Gasteiger partial charge in [0, 0.05) is 5.02 Å². The van der Waals surface area contributed by atoms with Crippen LogP contribution in [0.25, 0.3) is 11.0 Å². The van der Waals surface area contributed by atoms with Crippen LogP contribution in [0.3, 0.4) is 0 Å². The molecule has 100 valence electrons. The van der Waals surface area contributed by atoms with Crippen molar-refractivity contribution in [1.82, 2.24) is 15.0 Å². The van der Waals surface area contributed by atoms with Crippen molar-refractivity contribution in [3.63, 3.8) is 0 Å². The van der Waals surface area contributed by atoms with E-state index < -0.39 is 5.97 Å². The first-order chi connectivity index (χ1) is 9.63. The molecule has 6 heteroatoms. The number of carbonyl (C=O) groups is 1. The number of benzene rings is 2. The quantitative estimate of drug-likeness (QED) is 0.804. The summed E-state index contributed by atoms with van der Waals surface area (Å²) in [6, 6.07) is 12.2. The first-order valence-electron chi connectivity index (χ1n) is 5.94. The minimum absolute atomic E-state index is 0.220. The van der Waals surface area contributed by atoms with Crippen LogP contribution < -0.4 is 0 Å². The molecule has 5 nitrogen and oxygen atoms in total. The van der Waals surface area contributed by atoms with Gasteiger partial charge in [-0.2, -0.15) is 0 Å². The molecule has 0 aliphatic carbocycles. The van der Waals surface area contributed by atoms with Gasteiger partial charge in [0.25, 0.3) is 0 Å². The van der Waals surface area contributed by atoms with E-state index in [1.807, 2.05) is 12.1 Å². The van der Waals surface area contributed by atoms with E-state index in [0.29, 0.717) is 22.6 Å². The molecule has 3 aromatic rings. The Hall–Kier alpha value is -2.40. The largest absolute Gasteiger partial charge is 0.478 e. The van der Waals surface area contributed by atoms with Crippen LogP contribution in [0, 0.1) is 0 Å². The van der Waals surface area contributed by atoms with Gasteiger partial charge in [0.05, 0.1) is 17.6 Å². The Labute approximate surface area is 119 Å². The topological polar surface area (TPSA) is 68.0 Å². The van der Waals surface area contributed by atoms with E-state index in [1.54, 1.807) is 28.9 Å². The first kappa shape index (κ1) is 12.6. The van der Waals surface area contributed by atoms with Crippen LogP contribution in [-0.2, 0) is 6.54 Å². The number of hydrogen-bond donors (Lipinski definition) is 1. The van der Waals surface area contributed by atoms with E-state index >= 15 is 0 Å². The number of fused-ring (bicyclic) bond motifs is 1. The Kier molecular flexibility index (Phi) is 3.12. The molecule has 0 fully saturated rings. The first-order valence-corrected chi connectivity index (χ1v) is 6.32. The molecule has 0 unspecified atom stereocenters. The Morgan fingerprint density at radius 2 is 1.95 bits per heavy atom. The Morgan fingerprint density at radius 1 is 1.20 bits per heavy atom. The number of nitrogens with zero attached hydrogens (tertiary/aromatic N) is 3. The predicted octanol–water partition coefficient (Wildman–Crippen LogP) is 2.83. The fourth-order valence-corrected chi connectivity index (χ4v) is 2.10. The molecule has 3 rings (SSSR count). The summed E-state index contributed by atoms with van der Waals surface area (Å²) in [5.74, 6) is -0.967. The molecule has 1 aromatic heterocycles. The highest BCUT2D eigenvalue weighted by Gasteiger charge is 2.09. The monoisotopic (exact) mass is 287 g/mol. The summed E-state index contributed by atoms with van der Waals surface area (Å²) in [5.41, 5.74) is 2.60. The summed E-state index contributed by atoms with van der Waals surface area (Å²) in [7, 11) is 0. The van der Waals surface area contributed by atoms with Crippen LogP contribution >= 0.6 is 11.6 Å². The van der Waals surface area contributed by atoms with Crippen LogP contribution in [0.1, 0.15) is 15.9 Å². The third kappa shape index (κ3) is 2.35. The zero-order chi connectivity index (χ0) is 14.1. The second-order valence-electron chi connectivity index (χ2n) is 4.38. The van der Waals surface area contributed by atoms with Gasteiger partial charge in [0.15, 0.2) is 0 Å². The lowest BCUT2D eigenvalue weighted by atomic mass is 10.2. The summed E-state index contributed by atoms with van der Waals surface area (Å²) >= 11 is 5.84. The third-order valence-corrected chi connectivity index (χ3v) is 3.26. The van der Waals surface area contributed by atoms with Gasteiger partial charge in [-0.3, -0.25) is 0 Å². The normalized spacial score (nSPS) is 10.8. The lowest BCUT2D eigenvalue weighted by Crippen LogP contribution is -2.03. The molecule has 0 saturated heterocycles.